The van der Waals surface area contributed by atoms with E-state index in [4.69, 9.17) is 0 Å². The molecule has 0 spiro atoms. The Morgan fingerprint density at radius 1 is 0.935 bits per heavy atom. The van der Waals surface area contributed by atoms with Crippen LogP contribution >= 0.6 is 11.8 Å². The number of nitrogens with one attached hydrogen (secondary N) is 2. The summed E-state index contributed by atoms with van der Waals surface area (Å²) in [5.74, 6) is -0.109. The van der Waals surface area contributed by atoms with E-state index in [-0.39, 0.29) is 30.7 Å². The molecular weight excluding hydrogens is 412 g/mol. The Kier molecular flexibility index (Phi) is 8.69. The number of carbonyl (C=O) groups excluding carboxylic acids is 2. The van der Waals surface area contributed by atoms with E-state index in [0.29, 0.717) is 23.9 Å². The van der Waals surface area contributed by atoms with Crippen molar-refractivity contribution in [3.63, 3.8) is 0 Å². The van der Waals surface area contributed by atoms with Crippen molar-refractivity contribution in [2.75, 3.05) is 12.3 Å². The SMILES string of the molecule is O=C(CSc1ncc(CO)n1CC(=O)NCc1ccccc1)NCCc1ccccc1. The molecule has 1 heterocycles. The highest BCUT2D eigenvalue weighted by molar-refractivity contribution is 7.99. The summed E-state index contributed by atoms with van der Waals surface area (Å²) < 4.78 is 1.64. The Balaban J connectivity index is 1.48. The summed E-state index contributed by atoms with van der Waals surface area (Å²) >= 11 is 1.24. The fourth-order valence-corrected chi connectivity index (χ4v) is 3.80. The van der Waals surface area contributed by atoms with Crippen molar-refractivity contribution >= 4 is 23.6 Å². The van der Waals surface area contributed by atoms with Gasteiger partial charge in [0, 0.05) is 13.1 Å². The molecule has 3 N–H and O–H groups in total. The third kappa shape index (κ3) is 7.27. The van der Waals surface area contributed by atoms with Crippen molar-refractivity contribution in [3.8, 4) is 0 Å². The van der Waals surface area contributed by atoms with Gasteiger partial charge < -0.3 is 20.3 Å². The largest absolute Gasteiger partial charge is 0.390 e. The van der Waals surface area contributed by atoms with E-state index >= 15 is 0 Å². The number of hydrogen-bond donors (Lipinski definition) is 3. The van der Waals surface area contributed by atoms with Crippen LogP contribution in [0.1, 0.15) is 16.8 Å². The molecule has 7 nitrogen and oxygen atoms in total. The summed E-state index contributed by atoms with van der Waals surface area (Å²) in [6.45, 7) is 0.778. The highest BCUT2D eigenvalue weighted by Gasteiger charge is 2.15. The number of thioether (sulfide) groups is 1. The Morgan fingerprint density at radius 3 is 2.29 bits per heavy atom. The number of benzene rings is 2. The van der Waals surface area contributed by atoms with Gasteiger partial charge in [0.25, 0.3) is 0 Å². The zero-order valence-electron chi connectivity index (χ0n) is 17.2. The van der Waals surface area contributed by atoms with Gasteiger partial charge in [0.2, 0.25) is 11.8 Å². The number of amides is 2. The number of rotatable bonds is 11. The number of aliphatic hydroxyl groups is 1. The monoisotopic (exact) mass is 438 g/mol. The molecule has 0 fully saturated rings. The maximum atomic E-state index is 12.4. The standard InChI is InChI=1S/C23H26N4O3S/c28-16-20-14-26-23(27(20)15-21(29)25-13-19-9-5-2-6-10-19)31-17-22(30)24-12-11-18-7-3-1-4-8-18/h1-10,14,28H,11-13,15-17H2,(H,24,30)(H,25,29). The van der Waals surface area contributed by atoms with Gasteiger partial charge in [-0.15, -0.1) is 0 Å². The van der Waals surface area contributed by atoms with Crippen molar-refractivity contribution in [1.29, 1.82) is 0 Å². The van der Waals surface area contributed by atoms with Crippen LogP contribution in [0.25, 0.3) is 0 Å². The molecule has 2 aromatic carbocycles. The minimum absolute atomic E-state index is 0.0285. The maximum Gasteiger partial charge on any atom is 0.240 e. The van der Waals surface area contributed by atoms with E-state index < -0.39 is 0 Å². The van der Waals surface area contributed by atoms with Crippen molar-refractivity contribution in [1.82, 2.24) is 20.2 Å². The second kappa shape index (κ2) is 11.9. The lowest BCUT2D eigenvalue weighted by molar-refractivity contribution is -0.122. The summed E-state index contributed by atoms with van der Waals surface area (Å²) in [6, 6.07) is 19.6. The molecule has 1 aromatic heterocycles. The Labute approximate surface area is 185 Å². The van der Waals surface area contributed by atoms with Gasteiger partial charge in [-0.25, -0.2) is 4.98 Å². The van der Waals surface area contributed by atoms with Gasteiger partial charge in [-0.3, -0.25) is 9.59 Å². The summed E-state index contributed by atoms with van der Waals surface area (Å²) in [5.41, 5.74) is 2.70. The molecule has 0 saturated heterocycles. The van der Waals surface area contributed by atoms with E-state index in [1.807, 2.05) is 60.7 Å². The van der Waals surface area contributed by atoms with Crippen LogP contribution < -0.4 is 10.6 Å². The summed E-state index contributed by atoms with van der Waals surface area (Å²) in [7, 11) is 0. The number of aromatic nitrogens is 2. The smallest absolute Gasteiger partial charge is 0.240 e. The minimum Gasteiger partial charge on any atom is -0.390 e. The zero-order valence-corrected chi connectivity index (χ0v) is 18.0. The predicted molar refractivity (Wildman–Crippen MR) is 120 cm³/mol. The molecule has 0 bridgehead atoms. The molecule has 0 radical (unpaired) electrons. The number of imidazole rings is 1. The average Bonchev–Trinajstić information content (AvgIpc) is 3.19. The Bertz CT molecular complexity index is 977. The molecule has 0 aliphatic heterocycles. The van der Waals surface area contributed by atoms with Gasteiger partial charge in [-0.1, -0.05) is 72.4 Å². The number of aliphatic hydroxyl groups excluding tert-OH is 1. The lowest BCUT2D eigenvalue weighted by atomic mass is 10.1. The molecule has 0 aliphatic carbocycles. The van der Waals surface area contributed by atoms with Crippen LogP contribution in [0.15, 0.2) is 72.0 Å². The zero-order chi connectivity index (χ0) is 21.9. The van der Waals surface area contributed by atoms with Crippen LogP contribution in [0.5, 0.6) is 0 Å². The topological polar surface area (TPSA) is 96.2 Å². The number of hydrogen-bond acceptors (Lipinski definition) is 5. The first kappa shape index (κ1) is 22.6. The van der Waals surface area contributed by atoms with E-state index in [9.17, 15) is 14.7 Å². The Morgan fingerprint density at radius 2 is 1.61 bits per heavy atom. The third-order valence-corrected chi connectivity index (χ3v) is 5.60. The second-order valence-electron chi connectivity index (χ2n) is 6.91. The van der Waals surface area contributed by atoms with Crippen molar-refractivity contribution in [3.05, 3.63) is 83.7 Å². The van der Waals surface area contributed by atoms with E-state index in [2.05, 4.69) is 15.6 Å². The van der Waals surface area contributed by atoms with Gasteiger partial charge >= 0.3 is 0 Å². The van der Waals surface area contributed by atoms with E-state index in [0.717, 1.165) is 12.0 Å². The van der Waals surface area contributed by atoms with Gasteiger partial charge in [-0.2, -0.15) is 0 Å². The van der Waals surface area contributed by atoms with Crippen LogP contribution in [0.4, 0.5) is 0 Å². The van der Waals surface area contributed by atoms with Gasteiger partial charge in [0.15, 0.2) is 5.16 Å². The normalized spacial score (nSPS) is 10.6. The molecule has 0 unspecified atom stereocenters. The van der Waals surface area contributed by atoms with Crippen molar-refractivity contribution in [2.45, 2.75) is 31.3 Å². The first-order valence-corrected chi connectivity index (χ1v) is 11.0. The van der Waals surface area contributed by atoms with Crippen molar-refractivity contribution in [2.24, 2.45) is 0 Å². The van der Waals surface area contributed by atoms with Crippen molar-refractivity contribution < 1.29 is 14.7 Å². The fraction of sp³-hybridized carbons (Fsp3) is 0.261. The van der Waals surface area contributed by atoms with Gasteiger partial charge in [0.1, 0.15) is 6.54 Å². The van der Waals surface area contributed by atoms with Crippen LogP contribution in [0.3, 0.4) is 0 Å². The molecule has 0 aliphatic rings. The van der Waals surface area contributed by atoms with Gasteiger partial charge in [-0.05, 0) is 17.5 Å². The molecule has 8 heteroatoms. The van der Waals surface area contributed by atoms with Crippen LogP contribution in [0, 0.1) is 0 Å². The first-order chi connectivity index (χ1) is 15.2. The van der Waals surface area contributed by atoms with E-state index in [1.54, 1.807) is 4.57 Å². The molecule has 3 rings (SSSR count). The highest BCUT2D eigenvalue weighted by atomic mass is 32.2. The third-order valence-electron chi connectivity index (χ3n) is 4.61. The van der Waals surface area contributed by atoms with Crippen LogP contribution in [0.2, 0.25) is 0 Å². The fourth-order valence-electron chi connectivity index (χ4n) is 2.97. The summed E-state index contributed by atoms with van der Waals surface area (Å²) in [5, 5.41) is 15.9. The predicted octanol–water partition coefficient (Wildman–Crippen LogP) is 2.14. The first-order valence-electron chi connectivity index (χ1n) is 10.0. The molecule has 31 heavy (non-hydrogen) atoms. The summed E-state index contributed by atoms with van der Waals surface area (Å²) in [4.78, 5) is 28.8. The molecule has 3 aromatic rings. The quantitative estimate of drug-likeness (QED) is 0.399. The second-order valence-corrected chi connectivity index (χ2v) is 7.86. The molecule has 0 atom stereocenters. The number of carbonyl (C=O) groups is 2. The van der Waals surface area contributed by atoms with E-state index in [1.165, 1.54) is 23.5 Å². The minimum atomic E-state index is -0.233. The lowest BCUT2D eigenvalue weighted by Crippen LogP contribution is -2.29. The molecule has 162 valence electrons. The molecule has 2 amide bonds. The highest BCUT2D eigenvalue weighted by Crippen LogP contribution is 2.18. The van der Waals surface area contributed by atoms with Crippen LogP contribution in [-0.4, -0.2) is 38.8 Å². The average molecular weight is 439 g/mol. The van der Waals surface area contributed by atoms with Crippen LogP contribution in [-0.2, 0) is 35.7 Å². The molecular formula is C23H26N4O3S. The maximum absolute atomic E-state index is 12.4. The molecule has 0 saturated carbocycles. The number of nitrogens with zero attached hydrogens (tertiary/aromatic N) is 2. The Hall–Kier alpha value is -3.10. The lowest BCUT2D eigenvalue weighted by Gasteiger charge is -2.11. The van der Waals surface area contributed by atoms with Gasteiger partial charge in [0.05, 0.1) is 24.3 Å². The summed E-state index contributed by atoms with van der Waals surface area (Å²) in [6.07, 6.45) is 2.29.